The third-order valence-corrected chi connectivity index (χ3v) is 3.38. The number of nitrogens with one attached hydrogen (secondary N) is 1. The molecule has 0 unspecified atom stereocenters. The number of nitrogens with zero attached hydrogens (tertiary/aromatic N) is 2. The molecule has 8 heteroatoms. The van der Waals surface area contributed by atoms with Crippen molar-refractivity contribution >= 4 is 34.2 Å². The lowest BCUT2D eigenvalue weighted by molar-refractivity contribution is -0.0497. The Bertz CT molecular complexity index is 905. The molecule has 0 aliphatic heterocycles. The Morgan fingerprint density at radius 3 is 2.62 bits per heavy atom. The number of halogens is 3. The molecule has 1 amide bonds. The van der Waals surface area contributed by atoms with Crippen molar-refractivity contribution in [1.29, 1.82) is 0 Å². The minimum Gasteiger partial charge on any atom is -0.433 e. The largest absolute Gasteiger partial charge is 0.433 e. The van der Waals surface area contributed by atoms with Crippen LogP contribution in [0.4, 0.5) is 14.5 Å². The van der Waals surface area contributed by atoms with Crippen LogP contribution in [0, 0.1) is 0 Å². The van der Waals surface area contributed by atoms with Crippen LogP contribution in [0.1, 0.15) is 10.5 Å². The second-order valence-corrected chi connectivity index (χ2v) is 5.13. The molecule has 1 N–H and O–H groups in total. The van der Waals surface area contributed by atoms with Gasteiger partial charge in [0.05, 0.1) is 22.3 Å². The Balaban J connectivity index is 1.79. The maximum Gasteiger partial charge on any atom is 0.387 e. The molecule has 0 saturated carbocycles. The van der Waals surface area contributed by atoms with Crippen molar-refractivity contribution in [3.63, 3.8) is 0 Å². The highest BCUT2D eigenvalue weighted by molar-refractivity contribution is 6.32. The van der Waals surface area contributed by atoms with Gasteiger partial charge in [0.1, 0.15) is 11.4 Å². The van der Waals surface area contributed by atoms with Crippen LogP contribution in [0.15, 0.2) is 48.7 Å². The molecule has 3 rings (SSSR count). The Labute approximate surface area is 140 Å². The van der Waals surface area contributed by atoms with Gasteiger partial charge < -0.3 is 10.1 Å². The molecular formula is C16H10ClF2N3O2. The van der Waals surface area contributed by atoms with Crippen molar-refractivity contribution in [2.24, 2.45) is 0 Å². The van der Waals surface area contributed by atoms with E-state index in [1.807, 2.05) is 6.07 Å². The minimum atomic E-state index is -2.98. The average Bonchev–Trinajstić information content (AvgIpc) is 2.56. The maximum atomic E-state index is 12.2. The summed E-state index contributed by atoms with van der Waals surface area (Å²) in [6.07, 6.45) is 1.35. The van der Waals surface area contributed by atoms with Crippen molar-refractivity contribution < 1.29 is 18.3 Å². The molecule has 0 saturated heterocycles. The number of anilines is 1. The number of rotatable bonds is 4. The third-order valence-electron chi connectivity index (χ3n) is 3.09. The van der Waals surface area contributed by atoms with E-state index >= 15 is 0 Å². The molecule has 0 aliphatic rings. The van der Waals surface area contributed by atoms with Gasteiger partial charge >= 0.3 is 6.61 Å². The predicted octanol–water partition coefficient (Wildman–Crippen LogP) is 4.14. The number of amides is 1. The molecule has 122 valence electrons. The van der Waals surface area contributed by atoms with E-state index < -0.39 is 12.5 Å². The molecule has 1 heterocycles. The van der Waals surface area contributed by atoms with Gasteiger partial charge in [-0.3, -0.25) is 9.78 Å². The van der Waals surface area contributed by atoms with E-state index in [-0.39, 0.29) is 16.5 Å². The summed E-state index contributed by atoms with van der Waals surface area (Å²) in [5.74, 6) is -0.665. The lowest BCUT2D eigenvalue weighted by atomic mass is 10.2. The molecule has 24 heavy (non-hydrogen) atoms. The van der Waals surface area contributed by atoms with E-state index in [1.54, 1.807) is 18.2 Å². The third kappa shape index (κ3) is 3.57. The SMILES string of the molecule is O=C(Nc1ccc(OC(F)F)c(Cl)c1)c1cnc2ccccc2n1. The average molecular weight is 350 g/mol. The molecule has 0 aliphatic carbocycles. The predicted molar refractivity (Wildman–Crippen MR) is 85.6 cm³/mol. The molecule has 5 nitrogen and oxygen atoms in total. The first-order valence-corrected chi connectivity index (χ1v) is 7.18. The monoisotopic (exact) mass is 349 g/mol. The lowest BCUT2D eigenvalue weighted by Gasteiger charge is -2.09. The van der Waals surface area contributed by atoms with E-state index in [9.17, 15) is 13.6 Å². The topological polar surface area (TPSA) is 64.1 Å². The summed E-state index contributed by atoms with van der Waals surface area (Å²) in [7, 11) is 0. The second-order valence-electron chi connectivity index (χ2n) is 4.72. The Morgan fingerprint density at radius 1 is 1.17 bits per heavy atom. The summed E-state index contributed by atoms with van der Waals surface area (Å²) < 4.78 is 28.6. The Kier molecular flexibility index (Phi) is 4.52. The number of hydrogen-bond donors (Lipinski definition) is 1. The van der Waals surface area contributed by atoms with Crippen LogP contribution in [0.3, 0.4) is 0 Å². The Morgan fingerprint density at radius 2 is 1.92 bits per heavy atom. The van der Waals surface area contributed by atoms with Gasteiger partial charge in [0.25, 0.3) is 5.91 Å². The second kappa shape index (κ2) is 6.76. The fraction of sp³-hybridized carbons (Fsp3) is 0.0625. The van der Waals surface area contributed by atoms with Crippen LogP contribution < -0.4 is 10.1 Å². The standard InChI is InChI=1S/C16H10ClF2N3O2/c17-10-7-9(5-6-14(10)24-16(18)19)21-15(23)13-8-20-11-3-1-2-4-12(11)22-13/h1-8,16H,(H,21,23). The Hall–Kier alpha value is -2.80. The zero-order valence-electron chi connectivity index (χ0n) is 12.0. The normalized spacial score (nSPS) is 10.8. The highest BCUT2D eigenvalue weighted by Gasteiger charge is 2.12. The van der Waals surface area contributed by atoms with Crippen LogP contribution in [0.25, 0.3) is 11.0 Å². The summed E-state index contributed by atoms with van der Waals surface area (Å²) in [4.78, 5) is 20.6. The number of benzene rings is 2. The lowest BCUT2D eigenvalue weighted by Crippen LogP contribution is -2.14. The number of aromatic nitrogens is 2. The van der Waals surface area contributed by atoms with Gasteiger partial charge in [0, 0.05) is 5.69 Å². The molecule has 1 aromatic heterocycles. The van der Waals surface area contributed by atoms with Gasteiger partial charge in [-0.2, -0.15) is 8.78 Å². The first-order valence-electron chi connectivity index (χ1n) is 6.80. The summed E-state index contributed by atoms with van der Waals surface area (Å²) in [5.41, 5.74) is 1.70. The van der Waals surface area contributed by atoms with Gasteiger partial charge in [-0.05, 0) is 30.3 Å². The fourth-order valence-electron chi connectivity index (χ4n) is 2.03. The van der Waals surface area contributed by atoms with Crippen LogP contribution in [0.5, 0.6) is 5.75 Å². The van der Waals surface area contributed by atoms with Crippen molar-refractivity contribution in [2.45, 2.75) is 6.61 Å². The zero-order chi connectivity index (χ0) is 17.1. The van der Waals surface area contributed by atoms with Crippen molar-refractivity contribution in [1.82, 2.24) is 9.97 Å². The van der Waals surface area contributed by atoms with Gasteiger partial charge in [0.2, 0.25) is 0 Å². The zero-order valence-corrected chi connectivity index (χ0v) is 12.8. The first kappa shape index (κ1) is 16.1. The number of alkyl halides is 2. The number of carbonyl (C=O) groups is 1. The van der Waals surface area contributed by atoms with Crippen molar-refractivity contribution in [2.75, 3.05) is 5.32 Å². The molecule has 0 atom stereocenters. The van der Waals surface area contributed by atoms with E-state index in [1.165, 1.54) is 24.4 Å². The summed E-state index contributed by atoms with van der Waals surface area (Å²) in [6, 6.07) is 11.1. The smallest absolute Gasteiger partial charge is 0.387 e. The number of ether oxygens (including phenoxy) is 1. The van der Waals surface area contributed by atoms with Gasteiger partial charge in [-0.15, -0.1) is 0 Å². The van der Waals surface area contributed by atoms with E-state index in [0.29, 0.717) is 16.7 Å². The number of fused-ring (bicyclic) bond motifs is 1. The molecule has 0 radical (unpaired) electrons. The van der Waals surface area contributed by atoms with Crippen LogP contribution >= 0.6 is 11.6 Å². The number of carbonyl (C=O) groups excluding carboxylic acids is 1. The fourth-order valence-corrected chi connectivity index (χ4v) is 2.26. The molecule has 2 aromatic carbocycles. The molecule has 0 bridgehead atoms. The molecular weight excluding hydrogens is 340 g/mol. The van der Waals surface area contributed by atoms with Crippen molar-refractivity contribution in [3.05, 3.63) is 59.4 Å². The van der Waals surface area contributed by atoms with Crippen LogP contribution in [0.2, 0.25) is 5.02 Å². The van der Waals surface area contributed by atoms with E-state index in [2.05, 4.69) is 20.0 Å². The van der Waals surface area contributed by atoms with Crippen molar-refractivity contribution in [3.8, 4) is 5.75 Å². The number of hydrogen-bond acceptors (Lipinski definition) is 4. The summed E-state index contributed by atoms with van der Waals surface area (Å²) >= 11 is 5.84. The first-order chi connectivity index (χ1) is 11.5. The van der Waals surface area contributed by atoms with E-state index in [4.69, 9.17) is 11.6 Å². The van der Waals surface area contributed by atoms with Gasteiger partial charge in [-0.1, -0.05) is 23.7 Å². The highest BCUT2D eigenvalue weighted by atomic mass is 35.5. The van der Waals surface area contributed by atoms with Gasteiger partial charge in [-0.25, -0.2) is 4.98 Å². The summed E-state index contributed by atoms with van der Waals surface area (Å²) in [5, 5.41) is 2.53. The minimum absolute atomic E-state index is 0.0438. The van der Waals surface area contributed by atoms with Crippen LogP contribution in [-0.4, -0.2) is 22.5 Å². The van der Waals surface area contributed by atoms with Gasteiger partial charge in [0.15, 0.2) is 0 Å². The quantitative estimate of drug-likeness (QED) is 0.769. The highest BCUT2D eigenvalue weighted by Crippen LogP contribution is 2.29. The summed E-state index contributed by atoms with van der Waals surface area (Å²) in [6.45, 7) is -2.98. The molecule has 3 aromatic rings. The molecule has 0 fully saturated rings. The number of para-hydroxylation sites is 2. The van der Waals surface area contributed by atoms with Crippen LogP contribution in [-0.2, 0) is 0 Å². The maximum absolute atomic E-state index is 12.2. The molecule has 0 spiro atoms. The van der Waals surface area contributed by atoms with E-state index in [0.717, 1.165) is 0 Å².